The number of nitrogens with zero attached hydrogens (tertiary/aromatic N) is 1. The van der Waals surface area contributed by atoms with E-state index >= 15 is 0 Å². The molecule has 1 heterocycles. The monoisotopic (exact) mass is 224 g/mol. The Balaban J connectivity index is 2.20. The standard InChI is InChI=1S/C13H24N2O/c1-4-7-15-8-5-12(6-9-15)14-10-13(2,3)11-16/h1,12,14,16H,5-11H2,2-3H3. The fraction of sp³-hybridized carbons (Fsp3) is 0.846. The summed E-state index contributed by atoms with van der Waals surface area (Å²) in [6.45, 7) is 8.21. The fourth-order valence-electron chi connectivity index (χ4n) is 1.90. The van der Waals surface area contributed by atoms with E-state index in [2.05, 4.69) is 30.0 Å². The Morgan fingerprint density at radius 3 is 2.56 bits per heavy atom. The summed E-state index contributed by atoms with van der Waals surface area (Å²) in [4.78, 5) is 2.31. The molecule has 1 aliphatic rings. The van der Waals surface area contributed by atoms with Gasteiger partial charge in [0.15, 0.2) is 0 Å². The lowest BCUT2D eigenvalue weighted by Gasteiger charge is -2.33. The molecule has 3 heteroatoms. The molecule has 0 saturated carbocycles. The number of aliphatic hydroxyl groups excluding tert-OH is 1. The molecule has 3 nitrogen and oxygen atoms in total. The molecule has 0 spiro atoms. The molecule has 0 radical (unpaired) electrons. The molecule has 92 valence electrons. The smallest absolute Gasteiger partial charge is 0.0598 e. The first kappa shape index (κ1) is 13.5. The van der Waals surface area contributed by atoms with E-state index in [0.29, 0.717) is 6.04 Å². The predicted octanol–water partition coefficient (Wildman–Crippen LogP) is 0.692. The zero-order chi connectivity index (χ0) is 12.0. The predicted molar refractivity (Wildman–Crippen MR) is 67.2 cm³/mol. The zero-order valence-corrected chi connectivity index (χ0v) is 10.5. The number of piperidine rings is 1. The molecular weight excluding hydrogens is 200 g/mol. The second-order valence-electron chi connectivity index (χ2n) is 5.46. The summed E-state index contributed by atoms with van der Waals surface area (Å²) < 4.78 is 0. The molecular formula is C13H24N2O. The molecule has 1 aliphatic heterocycles. The van der Waals surface area contributed by atoms with Gasteiger partial charge in [-0.15, -0.1) is 6.42 Å². The minimum absolute atomic E-state index is 0.0179. The Hall–Kier alpha value is -0.560. The number of hydrogen-bond acceptors (Lipinski definition) is 3. The lowest BCUT2D eigenvalue weighted by molar-refractivity contribution is 0.143. The van der Waals surface area contributed by atoms with Gasteiger partial charge in [0, 0.05) is 37.7 Å². The summed E-state index contributed by atoms with van der Waals surface area (Å²) in [5, 5.41) is 12.7. The van der Waals surface area contributed by atoms with Gasteiger partial charge < -0.3 is 10.4 Å². The summed E-state index contributed by atoms with van der Waals surface area (Å²) in [5.74, 6) is 2.69. The van der Waals surface area contributed by atoms with E-state index in [1.54, 1.807) is 0 Å². The van der Waals surface area contributed by atoms with Gasteiger partial charge in [0.05, 0.1) is 6.54 Å². The molecule has 1 rings (SSSR count). The van der Waals surface area contributed by atoms with Crippen molar-refractivity contribution in [3.8, 4) is 12.3 Å². The van der Waals surface area contributed by atoms with E-state index in [4.69, 9.17) is 11.5 Å². The number of hydrogen-bond donors (Lipinski definition) is 2. The molecule has 1 saturated heterocycles. The quantitative estimate of drug-likeness (QED) is 0.675. The van der Waals surface area contributed by atoms with E-state index in [-0.39, 0.29) is 12.0 Å². The van der Waals surface area contributed by atoms with Crippen LogP contribution in [0.3, 0.4) is 0 Å². The third-order valence-electron chi connectivity index (χ3n) is 3.20. The highest BCUT2D eigenvalue weighted by molar-refractivity contribution is 4.90. The van der Waals surface area contributed by atoms with Crippen LogP contribution in [0.4, 0.5) is 0 Å². The van der Waals surface area contributed by atoms with Crippen LogP contribution in [0.1, 0.15) is 26.7 Å². The van der Waals surface area contributed by atoms with Crippen molar-refractivity contribution in [1.82, 2.24) is 10.2 Å². The normalized spacial score (nSPS) is 19.6. The Morgan fingerprint density at radius 1 is 1.44 bits per heavy atom. The average molecular weight is 224 g/mol. The van der Waals surface area contributed by atoms with Crippen LogP contribution in [0.5, 0.6) is 0 Å². The highest BCUT2D eigenvalue weighted by Gasteiger charge is 2.21. The highest BCUT2D eigenvalue weighted by atomic mass is 16.3. The first-order valence-electron chi connectivity index (χ1n) is 6.07. The van der Waals surface area contributed by atoms with Gasteiger partial charge in [0.25, 0.3) is 0 Å². The van der Waals surface area contributed by atoms with Crippen molar-refractivity contribution in [2.45, 2.75) is 32.7 Å². The van der Waals surface area contributed by atoms with Crippen molar-refractivity contribution >= 4 is 0 Å². The molecule has 0 atom stereocenters. The van der Waals surface area contributed by atoms with E-state index in [1.807, 2.05) is 0 Å². The third kappa shape index (κ3) is 4.52. The Bertz CT molecular complexity index is 237. The van der Waals surface area contributed by atoms with Crippen LogP contribution in [0.25, 0.3) is 0 Å². The van der Waals surface area contributed by atoms with Crippen LogP contribution in [0.2, 0.25) is 0 Å². The van der Waals surface area contributed by atoms with Crippen LogP contribution in [-0.2, 0) is 0 Å². The number of nitrogens with one attached hydrogen (secondary N) is 1. The van der Waals surface area contributed by atoms with Crippen LogP contribution in [-0.4, -0.2) is 48.8 Å². The Kier molecular flexibility index (Phi) is 5.27. The molecule has 0 aromatic carbocycles. The maximum Gasteiger partial charge on any atom is 0.0598 e. The van der Waals surface area contributed by atoms with Gasteiger partial charge in [-0.05, 0) is 12.8 Å². The summed E-state index contributed by atoms with van der Waals surface area (Å²) in [6, 6.07) is 0.583. The third-order valence-corrected chi connectivity index (χ3v) is 3.20. The average Bonchev–Trinajstić information content (AvgIpc) is 2.29. The molecule has 0 unspecified atom stereocenters. The van der Waals surface area contributed by atoms with Gasteiger partial charge in [0.2, 0.25) is 0 Å². The molecule has 0 aliphatic carbocycles. The lowest BCUT2D eigenvalue weighted by atomic mass is 9.93. The number of aliphatic hydroxyl groups is 1. The van der Waals surface area contributed by atoms with Crippen molar-refractivity contribution in [3.63, 3.8) is 0 Å². The summed E-state index contributed by atoms with van der Waals surface area (Å²) in [5.41, 5.74) is -0.0179. The van der Waals surface area contributed by atoms with Crippen molar-refractivity contribution in [1.29, 1.82) is 0 Å². The molecule has 0 amide bonds. The second-order valence-corrected chi connectivity index (χ2v) is 5.46. The first-order chi connectivity index (χ1) is 7.57. The number of likely N-dealkylation sites (tertiary alicyclic amines) is 1. The first-order valence-corrected chi connectivity index (χ1v) is 6.07. The SMILES string of the molecule is C#CCN1CCC(NCC(C)(C)CO)CC1. The molecule has 0 aromatic heterocycles. The fourth-order valence-corrected chi connectivity index (χ4v) is 1.90. The molecule has 0 bridgehead atoms. The van der Waals surface area contributed by atoms with Gasteiger partial charge in [-0.2, -0.15) is 0 Å². The van der Waals surface area contributed by atoms with E-state index < -0.39 is 0 Å². The van der Waals surface area contributed by atoms with Crippen LogP contribution < -0.4 is 5.32 Å². The van der Waals surface area contributed by atoms with E-state index in [9.17, 15) is 0 Å². The maximum atomic E-state index is 9.17. The summed E-state index contributed by atoms with van der Waals surface area (Å²) in [7, 11) is 0. The molecule has 1 fully saturated rings. The van der Waals surface area contributed by atoms with Gasteiger partial charge >= 0.3 is 0 Å². The molecule has 2 N–H and O–H groups in total. The zero-order valence-electron chi connectivity index (χ0n) is 10.5. The van der Waals surface area contributed by atoms with Crippen molar-refractivity contribution in [3.05, 3.63) is 0 Å². The topological polar surface area (TPSA) is 35.5 Å². The second kappa shape index (κ2) is 6.24. The minimum atomic E-state index is -0.0179. The van der Waals surface area contributed by atoms with Gasteiger partial charge in [0.1, 0.15) is 0 Å². The van der Waals surface area contributed by atoms with Crippen molar-refractivity contribution < 1.29 is 5.11 Å². The maximum absolute atomic E-state index is 9.17. The Morgan fingerprint density at radius 2 is 2.06 bits per heavy atom. The largest absolute Gasteiger partial charge is 0.396 e. The van der Waals surface area contributed by atoms with Crippen molar-refractivity contribution in [2.75, 3.05) is 32.8 Å². The highest BCUT2D eigenvalue weighted by Crippen LogP contribution is 2.15. The van der Waals surface area contributed by atoms with Crippen molar-refractivity contribution in [2.24, 2.45) is 5.41 Å². The van der Waals surface area contributed by atoms with Gasteiger partial charge in [-0.25, -0.2) is 0 Å². The number of terminal acetylenes is 1. The van der Waals surface area contributed by atoms with E-state index in [0.717, 1.165) is 39.0 Å². The van der Waals surface area contributed by atoms with Crippen LogP contribution >= 0.6 is 0 Å². The summed E-state index contributed by atoms with van der Waals surface area (Å²) >= 11 is 0. The number of rotatable bonds is 5. The molecule has 0 aromatic rings. The van der Waals surface area contributed by atoms with E-state index in [1.165, 1.54) is 0 Å². The lowest BCUT2D eigenvalue weighted by Crippen LogP contribution is -2.45. The molecule has 16 heavy (non-hydrogen) atoms. The van der Waals surface area contributed by atoms with Crippen LogP contribution in [0, 0.1) is 17.8 Å². The van der Waals surface area contributed by atoms with Crippen LogP contribution in [0.15, 0.2) is 0 Å². The minimum Gasteiger partial charge on any atom is -0.396 e. The van der Waals surface area contributed by atoms with Gasteiger partial charge in [-0.1, -0.05) is 19.8 Å². The summed E-state index contributed by atoms with van der Waals surface area (Å²) in [6.07, 6.45) is 7.60. The van der Waals surface area contributed by atoms with Gasteiger partial charge in [-0.3, -0.25) is 4.90 Å². The Labute approximate surface area is 99.2 Å².